The topological polar surface area (TPSA) is 0 Å². The van der Waals surface area contributed by atoms with Crippen LogP contribution in [0.5, 0.6) is 0 Å². The molecule has 0 aromatic heterocycles. The van der Waals surface area contributed by atoms with E-state index in [1.807, 2.05) is 12.1 Å². The van der Waals surface area contributed by atoms with Gasteiger partial charge in [-0.15, -0.1) is 6.42 Å². The van der Waals surface area contributed by atoms with Crippen molar-refractivity contribution in [3.8, 4) is 12.3 Å². The van der Waals surface area contributed by atoms with Gasteiger partial charge in [-0.2, -0.15) is 0 Å². The Morgan fingerprint density at radius 2 is 2.33 bits per heavy atom. The summed E-state index contributed by atoms with van der Waals surface area (Å²) in [6.07, 6.45) is 6.35. The Labute approximate surface area is 54.5 Å². The average molecular weight is 114 g/mol. The van der Waals surface area contributed by atoms with Crippen LogP contribution in [0.15, 0.2) is 18.2 Å². The predicted molar refractivity (Wildman–Crippen MR) is 37.2 cm³/mol. The van der Waals surface area contributed by atoms with Crippen LogP contribution in [0.2, 0.25) is 0 Å². The van der Waals surface area contributed by atoms with E-state index in [1.165, 1.54) is 11.1 Å². The lowest BCUT2D eigenvalue weighted by Gasteiger charge is -1.82. The molecule has 1 aromatic rings. The van der Waals surface area contributed by atoms with E-state index >= 15 is 0 Å². The minimum Gasteiger partial charge on any atom is -0.115 e. The number of hydrogen-bond acceptors (Lipinski definition) is 0. The van der Waals surface area contributed by atoms with Crippen LogP contribution in [0.3, 0.4) is 0 Å². The number of rotatable bonds is 0. The molecule has 0 bridgehead atoms. The van der Waals surface area contributed by atoms with E-state index in [-0.39, 0.29) is 0 Å². The average Bonchev–Trinajstić information content (AvgIpc) is 2.64. The van der Waals surface area contributed by atoms with E-state index < -0.39 is 0 Å². The molecule has 0 radical (unpaired) electrons. The molecule has 0 saturated carbocycles. The quantitative estimate of drug-likeness (QED) is 0.456. The van der Waals surface area contributed by atoms with Crippen molar-refractivity contribution >= 4 is 0 Å². The highest BCUT2D eigenvalue weighted by molar-refractivity contribution is 5.56. The maximum Gasteiger partial charge on any atom is 0.0280 e. The van der Waals surface area contributed by atoms with Crippen LogP contribution in [0.4, 0.5) is 0 Å². The third kappa shape index (κ3) is 0.550. The molecule has 0 fully saturated rings. The lowest BCUT2D eigenvalue weighted by Crippen LogP contribution is -1.68. The number of hydrogen-bond donors (Lipinski definition) is 0. The molecule has 0 amide bonds. The second kappa shape index (κ2) is 1.39. The highest BCUT2D eigenvalue weighted by Crippen LogP contribution is 2.30. The second-order valence-corrected chi connectivity index (χ2v) is 2.26. The Hall–Kier alpha value is -1.22. The Morgan fingerprint density at radius 1 is 1.44 bits per heavy atom. The van der Waals surface area contributed by atoms with Crippen molar-refractivity contribution in [3.63, 3.8) is 0 Å². The van der Waals surface area contributed by atoms with Crippen LogP contribution in [0, 0.1) is 12.3 Å². The summed E-state index contributed by atoms with van der Waals surface area (Å²) in [5.74, 6) is 2.65. The van der Waals surface area contributed by atoms with Crippen molar-refractivity contribution < 1.29 is 0 Å². The molecule has 1 aromatic carbocycles. The maximum atomic E-state index is 5.23. The van der Waals surface area contributed by atoms with Crippen molar-refractivity contribution in [2.45, 2.75) is 6.42 Å². The molecular formula is C9H6. The van der Waals surface area contributed by atoms with E-state index in [0.29, 0.717) is 0 Å². The largest absolute Gasteiger partial charge is 0.115 e. The van der Waals surface area contributed by atoms with Gasteiger partial charge in [0, 0.05) is 5.56 Å². The van der Waals surface area contributed by atoms with Crippen molar-refractivity contribution in [1.29, 1.82) is 0 Å². The lowest BCUT2D eigenvalue weighted by atomic mass is 10.2. The molecular weight excluding hydrogens is 108 g/mol. The smallest absolute Gasteiger partial charge is 0.0280 e. The van der Waals surface area contributed by atoms with Gasteiger partial charge in [-0.05, 0) is 23.6 Å². The fraction of sp³-hybridized carbons (Fsp3) is 0.111. The highest BCUT2D eigenvalue weighted by atomic mass is 14.2. The van der Waals surface area contributed by atoms with E-state index in [1.54, 1.807) is 0 Å². The number of benzene rings is 1. The van der Waals surface area contributed by atoms with Crippen molar-refractivity contribution in [3.05, 3.63) is 34.9 Å². The van der Waals surface area contributed by atoms with Gasteiger partial charge in [0.25, 0.3) is 0 Å². The van der Waals surface area contributed by atoms with Gasteiger partial charge in [0.15, 0.2) is 0 Å². The van der Waals surface area contributed by atoms with Gasteiger partial charge in [-0.1, -0.05) is 18.1 Å². The molecule has 0 saturated heterocycles. The monoisotopic (exact) mass is 114 g/mol. The molecule has 0 nitrogen and oxygen atoms in total. The van der Waals surface area contributed by atoms with Crippen LogP contribution in [-0.2, 0) is 6.42 Å². The fourth-order valence-corrected chi connectivity index (χ4v) is 1.07. The zero-order valence-electron chi connectivity index (χ0n) is 5.02. The number of terminal acetylenes is 1. The standard InChI is InChI=1S/C9H6/c1-2-7-4-3-5-8-6-9(7)8/h1,3-5H,6H2. The molecule has 0 N–H and O–H groups in total. The molecule has 42 valence electrons. The zero-order chi connectivity index (χ0) is 6.27. The van der Waals surface area contributed by atoms with Gasteiger partial charge in [-0.3, -0.25) is 0 Å². The van der Waals surface area contributed by atoms with Crippen molar-refractivity contribution in [1.82, 2.24) is 0 Å². The van der Waals surface area contributed by atoms with Gasteiger partial charge in [0.05, 0.1) is 0 Å². The van der Waals surface area contributed by atoms with Crippen molar-refractivity contribution in [2.75, 3.05) is 0 Å². The SMILES string of the molecule is C#Cc1cccc2c1C2. The third-order valence-corrected chi connectivity index (χ3v) is 1.67. The first-order chi connectivity index (χ1) is 4.42. The molecule has 0 unspecified atom stereocenters. The molecule has 1 aliphatic carbocycles. The molecule has 0 aliphatic heterocycles. The molecule has 0 heterocycles. The lowest BCUT2D eigenvalue weighted by molar-refractivity contribution is 1.59. The summed E-state index contributed by atoms with van der Waals surface area (Å²) in [6.45, 7) is 0. The van der Waals surface area contributed by atoms with Gasteiger partial charge < -0.3 is 0 Å². The minimum atomic E-state index is 1.08. The molecule has 0 heteroatoms. The van der Waals surface area contributed by atoms with Gasteiger partial charge in [0.1, 0.15) is 0 Å². The third-order valence-electron chi connectivity index (χ3n) is 1.67. The highest BCUT2D eigenvalue weighted by Gasteiger charge is 2.18. The summed E-state index contributed by atoms with van der Waals surface area (Å²) in [5.41, 5.74) is 3.87. The molecule has 9 heavy (non-hydrogen) atoms. The summed E-state index contributed by atoms with van der Waals surface area (Å²) >= 11 is 0. The van der Waals surface area contributed by atoms with Crippen LogP contribution in [0.25, 0.3) is 0 Å². The fourth-order valence-electron chi connectivity index (χ4n) is 1.07. The molecule has 0 atom stereocenters. The first-order valence-electron chi connectivity index (χ1n) is 2.99. The van der Waals surface area contributed by atoms with E-state index in [0.717, 1.165) is 12.0 Å². The Kier molecular flexibility index (Phi) is 0.715. The summed E-state index contributed by atoms with van der Waals surface area (Å²) in [7, 11) is 0. The molecule has 1 aliphatic rings. The Bertz CT molecular complexity index is 289. The Morgan fingerprint density at radius 3 is 3.00 bits per heavy atom. The predicted octanol–water partition coefficient (Wildman–Crippen LogP) is 1.57. The van der Waals surface area contributed by atoms with Crippen molar-refractivity contribution in [2.24, 2.45) is 0 Å². The summed E-state index contributed by atoms with van der Waals surface area (Å²) in [5, 5.41) is 0. The van der Waals surface area contributed by atoms with E-state index in [9.17, 15) is 0 Å². The van der Waals surface area contributed by atoms with E-state index in [2.05, 4.69) is 12.0 Å². The minimum absolute atomic E-state index is 1.08. The summed E-state index contributed by atoms with van der Waals surface area (Å²) < 4.78 is 0. The van der Waals surface area contributed by atoms with E-state index in [4.69, 9.17) is 6.42 Å². The van der Waals surface area contributed by atoms with Crippen LogP contribution < -0.4 is 0 Å². The summed E-state index contributed by atoms with van der Waals surface area (Å²) in [6, 6.07) is 6.13. The van der Waals surface area contributed by atoms with Gasteiger partial charge >= 0.3 is 0 Å². The molecule has 2 rings (SSSR count). The van der Waals surface area contributed by atoms with Crippen LogP contribution >= 0.6 is 0 Å². The van der Waals surface area contributed by atoms with Crippen LogP contribution in [-0.4, -0.2) is 0 Å². The molecule has 0 spiro atoms. The Balaban J connectivity index is 2.67. The number of fused-ring (bicyclic) bond motifs is 1. The first kappa shape index (κ1) is 4.64. The zero-order valence-corrected chi connectivity index (χ0v) is 5.02. The first-order valence-corrected chi connectivity index (χ1v) is 2.99. The van der Waals surface area contributed by atoms with Gasteiger partial charge in [-0.25, -0.2) is 0 Å². The summed E-state index contributed by atoms with van der Waals surface area (Å²) in [4.78, 5) is 0. The second-order valence-electron chi connectivity index (χ2n) is 2.26. The maximum absolute atomic E-state index is 5.23. The van der Waals surface area contributed by atoms with Crippen LogP contribution in [0.1, 0.15) is 16.7 Å². The normalized spacial score (nSPS) is 11.9. The van der Waals surface area contributed by atoms with Gasteiger partial charge in [0.2, 0.25) is 0 Å².